The third-order valence-corrected chi connectivity index (χ3v) is 4.26. The zero-order valence-electron chi connectivity index (χ0n) is 11.9. The number of nitrogens with two attached hydrogens (primary N) is 1. The van der Waals surface area contributed by atoms with E-state index in [0.717, 1.165) is 0 Å². The monoisotopic (exact) mass is 295 g/mol. The van der Waals surface area contributed by atoms with E-state index in [0.29, 0.717) is 23.3 Å². The molecule has 1 saturated carbocycles. The fourth-order valence-corrected chi connectivity index (χ4v) is 2.94. The Balaban J connectivity index is 1.75. The maximum Gasteiger partial charge on any atom is 0.279 e. The van der Waals surface area contributed by atoms with Crippen molar-refractivity contribution < 1.29 is 10.1 Å². The van der Waals surface area contributed by atoms with Gasteiger partial charge in [0.15, 0.2) is 6.54 Å². The van der Waals surface area contributed by atoms with Gasteiger partial charge in [0.05, 0.1) is 16.8 Å². The maximum atomic E-state index is 12.0. The van der Waals surface area contributed by atoms with Crippen LogP contribution < -0.4 is 10.6 Å². The Kier molecular flexibility index (Phi) is 6.34. The molecular formula is C16H24ClN2O+. The average Bonchev–Trinajstić information content (AvgIpc) is 2.40. The van der Waals surface area contributed by atoms with Crippen LogP contribution in [-0.2, 0) is 4.79 Å². The summed E-state index contributed by atoms with van der Waals surface area (Å²) in [5.74, 6) is 0.0279. The predicted molar refractivity (Wildman–Crippen MR) is 83.0 cm³/mol. The summed E-state index contributed by atoms with van der Waals surface area (Å²) in [7, 11) is 0. The van der Waals surface area contributed by atoms with E-state index >= 15 is 0 Å². The molecule has 0 spiro atoms. The van der Waals surface area contributed by atoms with Crippen LogP contribution in [0, 0.1) is 0 Å². The van der Waals surface area contributed by atoms with Crippen LogP contribution in [0.1, 0.15) is 44.9 Å². The third-order valence-electron chi connectivity index (χ3n) is 3.93. The molecule has 20 heavy (non-hydrogen) atoms. The molecule has 1 aliphatic rings. The zero-order valence-corrected chi connectivity index (χ0v) is 12.7. The van der Waals surface area contributed by atoms with E-state index in [2.05, 4.69) is 10.6 Å². The maximum absolute atomic E-state index is 12.0. The summed E-state index contributed by atoms with van der Waals surface area (Å²) in [6.07, 6.45) is 9.13. The van der Waals surface area contributed by atoms with Crippen LogP contribution >= 0.6 is 11.6 Å². The Hall–Kier alpha value is -1.06. The first kappa shape index (κ1) is 15.3. The van der Waals surface area contributed by atoms with Gasteiger partial charge in [0.1, 0.15) is 0 Å². The van der Waals surface area contributed by atoms with Gasteiger partial charge >= 0.3 is 0 Å². The van der Waals surface area contributed by atoms with Crippen molar-refractivity contribution in [2.45, 2.75) is 51.0 Å². The molecule has 0 heterocycles. The van der Waals surface area contributed by atoms with Gasteiger partial charge in [0.25, 0.3) is 5.91 Å². The predicted octanol–water partition coefficient (Wildman–Crippen LogP) is 2.95. The standard InChI is InChI=1S/C16H23ClN2O/c17-14-10-6-7-11-15(14)19-16(20)12-18-13-8-4-2-1-3-5-9-13/h6-7,10-11,13,18H,1-5,8-9,12H2,(H,19,20)/p+1. The molecule has 0 aliphatic heterocycles. The zero-order chi connectivity index (χ0) is 14.2. The van der Waals surface area contributed by atoms with Crippen molar-refractivity contribution in [2.75, 3.05) is 11.9 Å². The number of carbonyl (C=O) groups excluding carboxylic acids is 1. The van der Waals surface area contributed by atoms with Gasteiger partial charge in [0, 0.05) is 0 Å². The van der Waals surface area contributed by atoms with Crippen molar-refractivity contribution in [1.82, 2.24) is 0 Å². The van der Waals surface area contributed by atoms with Gasteiger partial charge < -0.3 is 10.6 Å². The fourth-order valence-electron chi connectivity index (χ4n) is 2.76. The number of benzene rings is 1. The smallest absolute Gasteiger partial charge is 0.279 e. The second-order valence-electron chi connectivity index (χ2n) is 5.57. The first-order valence-corrected chi connectivity index (χ1v) is 8.01. The second-order valence-corrected chi connectivity index (χ2v) is 5.98. The van der Waals surface area contributed by atoms with Crippen LogP contribution in [0.5, 0.6) is 0 Å². The normalized spacial score (nSPS) is 17.2. The summed E-state index contributed by atoms with van der Waals surface area (Å²) in [6, 6.07) is 7.96. The molecule has 1 aromatic rings. The van der Waals surface area contributed by atoms with Crippen molar-refractivity contribution in [1.29, 1.82) is 0 Å². The minimum Gasteiger partial charge on any atom is -0.336 e. The molecule has 0 bridgehead atoms. The number of nitrogens with one attached hydrogen (secondary N) is 1. The Morgan fingerprint density at radius 2 is 1.80 bits per heavy atom. The lowest BCUT2D eigenvalue weighted by Gasteiger charge is -2.18. The van der Waals surface area contributed by atoms with E-state index in [-0.39, 0.29) is 5.91 Å². The highest BCUT2D eigenvalue weighted by Crippen LogP contribution is 2.20. The van der Waals surface area contributed by atoms with Crippen molar-refractivity contribution in [3.05, 3.63) is 29.3 Å². The summed E-state index contributed by atoms with van der Waals surface area (Å²) in [5, 5.41) is 5.66. The average molecular weight is 296 g/mol. The lowest BCUT2D eigenvalue weighted by molar-refractivity contribution is -0.680. The summed E-state index contributed by atoms with van der Waals surface area (Å²) in [4.78, 5) is 12.0. The highest BCUT2D eigenvalue weighted by atomic mass is 35.5. The third kappa shape index (κ3) is 5.14. The van der Waals surface area contributed by atoms with Crippen LogP contribution in [0.25, 0.3) is 0 Å². The van der Waals surface area contributed by atoms with Gasteiger partial charge in [0.2, 0.25) is 0 Å². The molecule has 0 saturated heterocycles. The Bertz CT molecular complexity index is 428. The van der Waals surface area contributed by atoms with Crippen molar-refractivity contribution >= 4 is 23.2 Å². The summed E-state index contributed by atoms with van der Waals surface area (Å²) in [5.41, 5.74) is 0.699. The molecule has 0 atom stereocenters. The first-order chi connectivity index (χ1) is 9.75. The molecule has 3 nitrogen and oxygen atoms in total. The molecule has 4 heteroatoms. The molecule has 0 unspecified atom stereocenters. The number of amides is 1. The SMILES string of the molecule is O=C(C[NH2+]C1CCCCCCC1)Nc1ccccc1Cl. The molecule has 0 radical (unpaired) electrons. The molecule has 1 fully saturated rings. The molecule has 1 aliphatic carbocycles. The van der Waals surface area contributed by atoms with Gasteiger partial charge in [-0.3, -0.25) is 4.79 Å². The van der Waals surface area contributed by atoms with E-state index < -0.39 is 0 Å². The first-order valence-electron chi connectivity index (χ1n) is 7.63. The number of hydrogen-bond donors (Lipinski definition) is 2. The molecule has 3 N–H and O–H groups in total. The van der Waals surface area contributed by atoms with Crippen molar-refractivity contribution in [3.8, 4) is 0 Å². The highest BCUT2D eigenvalue weighted by Gasteiger charge is 2.16. The van der Waals surface area contributed by atoms with Gasteiger partial charge in [-0.15, -0.1) is 0 Å². The number of quaternary nitrogens is 1. The van der Waals surface area contributed by atoms with E-state index in [4.69, 9.17) is 11.6 Å². The summed E-state index contributed by atoms with van der Waals surface area (Å²) in [6.45, 7) is 0.482. The molecule has 110 valence electrons. The van der Waals surface area contributed by atoms with Crippen molar-refractivity contribution in [2.24, 2.45) is 0 Å². The largest absolute Gasteiger partial charge is 0.336 e. The number of halogens is 1. The van der Waals surface area contributed by atoms with E-state index in [9.17, 15) is 4.79 Å². The topological polar surface area (TPSA) is 45.7 Å². The van der Waals surface area contributed by atoms with Crippen molar-refractivity contribution in [3.63, 3.8) is 0 Å². The van der Waals surface area contributed by atoms with Crippen LogP contribution in [0.2, 0.25) is 5.02 Å². The summed E-state index contributed by atoms with van der Waals surface area (Å²) < 4.78 is 0. The number of carbonyl (C=O) groups is 1. The lowest BCUT2D eigenvalue weighted by atomic mass is 9.97. The van der Waals surface area contributed by atoms with Crippen LogP contribution in [0.3, 0.4) is 0 Å². The molecular weight excluding hydrogens is 272 g/mol. The number of hydrogen-bond acceptors (Lipinski definition) is 1. The Labute approximate surface area is 126 Å². The lowest BCUT2D eigenvalue weighted by Crippen LogP contribution is -2.91. The number of para-hydroxylation sites is 1. The molecule has 0 aromatic heterocycles. The second kappa shape index (κ2) is 8.28. The van der Waals surface area contributed by atoms with E-state index in [1.807, 2.05) is 18.2 Å². The molecule has 1 aromatic carbocycles. The van der Waals surface area contributed by atoms with Crippen LogP contribution in [-0.4, -0.2) is 18.5 Å². The van der Waals surface area contributed by atoms with E-state index in [1.165, 1.54) is 44.9 Å². The Morgan fingerprint density at radius 3 is 2.50 bits per heavy atom. The minimum atomic E-state index is 0.0279. The summed E-state index contributed by atoms with van der Waals surface area (Å²) >= 11 is 6.03. The fraction of sp³-hybridized carbons (Fsp3) is 0.562. The number of rotatable bonds is 4. The van der Waals surface area contributed by atoms with Gasteiger partial charge in [-0.05, 0) is 37.8 Å². The quantitative estimate of drug-likeness (QED) is 0.881. The number of anilines is 1. The molecule has 1 amide bonds. The van der Waals surface area contributed by atoms with Gasteiger partial charge in [-0.1, -0.05) is 43.0 Å². The van der Waals surface area contributed by atoms with E-state index in [1.54, 1.807) is 6.07 Å². The highest BCUT2D eigenvalue weighted by molar-refractivity contribution is 6.33. The van der Waals surface area contributed by atoms with Crippen LogP contribution in [0.4, 0.5) is 5.69 Å². The van der Waals surface area contributed by atoms with Crippen LogP contribution in [0.15, 0.2) is 24.3 Å². The van der Waals surface area contributed by atoms with Gasteiger partial charge in [-0.2, -0.15) is 0 Å². The van der Waals surface area contributed by atoms with Gasteiger partial charge in [-0.25, -0.2) is 0 Å². The Morgan fingerprint density at radius 1 is 1.15 bits per heavy atom. The minimum absolute atomic E-state index is 0.0279. The molecule has 2 rings (SSSR count).